The summed E-state index contributed by atoms with van der Waals surface area (Å²) in [5, 5.41) is 14.5. The standard InChI is InChI=1S/C27H24F3N3O4/c1-15(2)23(25(35)36)33-14-18-7-6-17(12-22(18)24(33)34)16-8-10-20(11-9-16)31-26(37)32-21-5-3-4-19(13-21)27(28,29)30/h3-13,15,23H,14H2,1-2H3,(H,35,36)(H2,31,32,37). The molecule has 37 heavy (non-hydrogen) atoms. The van der Waals surface area contributed by atoms with Crippen LogP contribution in [0.3, 0.4) is 0 Å². The fourth-order valence-corrected chi connectivity index (χ4v) is 4.32. The van der Waals surface area contributed by atoms with Crippen LogP contribution in [0.2, 0.25) is 0 Å². The molecule has 1 heterocycles. The number of rotatable bonds is 6. The lowest BCUT2D eigenvalue weighted by molar-refractivity contribution is -0.144. The van der Waals surface area contributed by atoms with Gasteiger partial charge in [0.1, 0.15) is 6.04 Å². The Morgan fingerprint density at radius 3 is 2.19 bits per heavy atom. The van der Waals surface area contributed by atoms with E-state index in [9.17, 15) is 32.7 Å². The van der Waals surface area contributed by atoms with Crippen LogP contribution in [-0.2, 0) is 17.5 Å². The largest absolute Gasteiger partial charge is 0.480 e. The molecule has 3 aromatic carbocycles. The van der Waals surface area contributed by atoms with Crippen molar-refractivity contribution in [3.8, 4) is 11.1 Å². The number of anilines is 2. The van der Waals surface area contributed by atoms with E-state index in [1.807, 2.05) is 6.07 Å². The smallest absolute Gasteiger partial charge is 0.416 e. The van der Waals surface area contributed by atoms with Gasteiger partial charge in [0.05, 0.1) is 5.56 Å². The fourth-order valence-electron chi connectivity index (χ4n) is 4.32. The van der Waals surface area contributed by atoms with E-state index in [2.05, 4.69) is 10.6 Å². The van der Waals surface area contributed by atoms with E-state index in [1.165, 1.54) is 17.0 Å². The number of fused-ring (bicyclic) bond motifs is 1. The second-order valence-electron chi connectivity index (χ2n) is 9.07. The highest BCUT2D eigenvalue weighted by atomic mass is 19.4. The van der Waals surface area contributed by atoms with Crippen molar-refractivity contribution in [2.75, 3.05) is 10.6 Å². The maximum Gasteiger partial charge on any atom is 0.416 e. The lowest BCUT2D eigenvalue weighted by Gasteiger charge is -2.27. The molecule has 0 aromatic heterocycles. The van der Waals surface area contributed by atoms with Crippen molar-refractivity contribution in [3.05, 3.63) is 83.4 Å². The van der Waals surface area contributed by atoms with Gasteiger partial charge in [-0.25, -0.2) is 9.59 Å². The third-order valence-electron chi connectivity index (χ3n) is 6.09. The second kappa shape index (κ2) is 9.96. The average Bonchev–Trinajstić information content (AvgIpc) is 3.14. The number of hydrogen-bond donors (Lipinski definition) is 3. The molecule has 192 valence electrons. The highest BCUT2D eigenvalue weighted by Gasteiger charge is 2.38. The van der Waals surface area contributed by atoms with Crippen LogP contribution in [0.15, 0.2) is 66.7 Å². The maximum absolute atomic E-state index is 13.0. The Bertz CT molecular complexity index is 1350. The fraction of sp³-hybridized carbons (Fsp3) is 0.222. The molecule has 3 N–H and O–H groups in total. The lowest BCUT2D eigenvalue weighted by Crippen LogP contribution is -2.44. The summed E-state index contributed by atoms with van der Waals surface area (Å²) in [6.07, 6.45) is -4.52. The SMILES string of the molecule is CC(C)C(C(=O)O)N1Cc2ccc(-c3ccc(NC(=O)Nc4cccc(C(F)(F)F)c4)cc3)cc2C1=O. The van der Waals surface area contributed by atoms with E-state index in [0.29, 0.717) is 11.3 Å². The van der Waals surface area contributed by atoms with E-state index in [0.717, 1.165) is 28.8 Å². The Balaban J connectivity index is 1.45. The van der Waals surface area contributed by atoms with E-state index in [4.69, 9.17) is 0 Å². The number of alkyl halides is 3. The highest BCUT2D eigenvalue weighted by Crippen LogP contribution is 2.32. The first-order chi connectivity index (χ1) is 17.4. The Hall–Kier alpha value is -4.34. The van der Waals surface area contributed by atoms with Crippen LogP contribution in [0.4, 0.5) is 29.3 Å². The first-order valence-corrected chi connectivity index (χ1v) is 11.5. The summed E-state index contributed by atoms with van der Waals surface area (Å²) >= 11 is 0. The zero-order valence-electron chi connectivity index (χ0n) is 20.0. The Morgan fingerprint density at radius 2 is 1.57 bits per heavy atom. The molecule has 1 aliphatic rings. The summed E-state index contributed by atoms with van der Waals surface area (Å²) in [4.78, 5) is 38.3. The van der Waals surface area contributed by atoms with Gasteiger partial charge in [0, 0.05) is 23.5 Å². The molecular weight excluding hydrogens is 487 g/mol. The van der Waals surface area contributed by atoms with Crippen LogP contribution in [0.1, 0.15) is 35.3 Å². The molecule has 3 amide bonds. The van der Waals surface area contributed by atoms with E-state index in [-0.39, 0.29) is 24.1 Å². The summed E-state index contributed by atoms with van der Waals surface area (Å²) in [6, 6.07) is 14.8. The van der Waals surface area contributed by atoms with Gasteiger partial charge in [-0.15, -0.1) is 0 Å². The molecule has 0 bridgehead atoms. The van der Waals surface area contributed by atoms with Gasteiger partial charge in [-0.3, -0.25) is 4.79 Å². The van der Waals surface area contributed by atoms with Crippen LogP contribution in [0, 0.1) is 5.92 Å². The molecular formula is C27H24F3N3O4. The number of nitrogens with one attached hydrogen (secondary N) is 2. The van der Waals surface area contributed by atoms with Crippen molar-refractivity contribution >= 4 is 29.3 Å². The Labute approximate surface area is 210 Å². The second-order valence-corrected chi connectivity index (χ2v) is 9.07. The molecule has 0 saturated heterocycles. The number of carbonyl (C=O) groups excluding carboxylic acids is 2. The van der Waals surface area contributed by atoms with E-state index >= 15 is 0 Å². The van der Waals surface area contributed by atoms with E-state index in [1.54, 1.807) is 50.2 Å². The quantitative estimate of drug-likeness (QED) is 0.374. The monoisotopic (exact) mass is 511 g/mol. The molecule has 0 aliphatic carbocycles. The first kappa shape index (κ1) is 25.7. The zero-order valence-corrected chi connectivity index (χ0v) is 20.0. The molecule has 3 aromatic rings. The molecule has 10 heteroatoms. The van der Waals surface area contributed by atoms with Crippen molar-refractivity contribution in [2.45, 2.75) is 32.6 Å². The lowest BCUT2D eigenvalue weighted by atomic mass is 10.00. The molecule has 7 nitrogen and oxygen atoms in total. The summed E-state index contributed by atoms with van der Waals surface area (Å²) < 4.78 is 38.6. The average molecular weight is 512 g/mol. The molecule has 0 saturated carbocycles. The molecule has 1 atom stereocenters. The number of halogens is 3. The van der Waals surface area contributed by atoms with Crippen LogP contribution in [-0.4, -0.2) is 34.0 Å². The number of carboxylic acids is 1. The number of benzene rings is 3. The number of aliphatic carboxylic acids is 1. The topological polar surface area (TPSA) is 98.7 Å². The van der Waals surface area contributed by atoms with Crippen molar-refractivity contribution in [1.82, 2.24) is 4.90 Å². The van der Waals surface area contributed by atoms with Gasteiger partial charge in [-0.05, 0) is 59.0 Å². The number of carboxylic acid groups (broad SMARTS) is 1. The summed E-state index contributed by atoms with van der Waals surface area (Å²) in [5.74, 6) is -1.62. The molecule has 0 fully saturated rings. The maximum atomic E-state index is 13.0. The van der Waals surface area contributed by atoms with Gasteiger partial charge in [0.25, 0.3) is 5.91 Å². The number of urea groups is 1. The number of amides is 3. The van der Waals surface area contributed by atoms with Gasteiger partial charge < -0.3 is 20.6 Å². The van der Waals surface area contributed by atoms with Gasteiger partial charge in [-0.1, -0.05) is 44.2 Å². The molecule has 4 rings (SSSR count). The minimum atomic E-state index is -4.52. The number of nitrogens with zero attached hydrogens (tertiary/aromatic N) is 1. The van der Waals surface area contributed by atoms with Crippen LogP contribution < -0.4 is 10.6 Å². The molecule has 0 radical (unpaired) electrons. The first-order valence-electron chi connectivity index (χ1n) is 11.5. The van der Waals surface area contributed by atoms with Gasteiger partial charge >= 0.3 is 18.2 Å². The van der Waals surface area contributed by atoms with Crippen molar-refractivity contribution in [2.24, 2.45) is 5.92 Å². The van der Waals surface area contributed by atoms with Crippen molar-refractivity contribution < 1.29 is 32.7 Å². The normalized spacial score (nSPS) is 13.9. The molecule has 0 spiro atoms. The number of hydrogen-bond acceptors (Lipinski definition) is 3. The summed E-state index contributed by atoms with van der Waals surface area (Å²) in [7, 11) is 0. The minimum absolute atomic E-state index is 0.00315. The summed E-state index contributed by atoms with van der Waals surface area (Å²) in [6.45, 7) is 3.75. The van der Waals surface area contributed by atoms with Gasteiger partial charge in [0.2, 0.25) is 0 Å². The van der Waals surface area contributed by atoms with Crippen molar-refractivity contribution in [3.63, 3.8) is 0 Å². The van der Waals surface area contributed by atoms with E-state index < -0.39 is 29.8 Å². The summed E-state index contributed by atoms with van der Waals surface area (Å²) in [5.41, 5.74) is 2.26. The Kier molecular flexibility index (Phi) is 6.93. The zero-order chi connectivity index (χ0) is 26.9. The van der Waals surface area contributed by atoms with Crippen molar-refractivity contribution in [1.29, 1.82) is 0 Å². The van der Waals surface area contributed by atoms with Crippen LogP contribution in [0.25, 0.3) is 11.1 Å². The van der Waals surface area contributed by atoms with Crippen LogP contribution in [0.5, 0.6) is 0 Å². The van der Waals surface area contributed by atoms with Gasteiger partial charge in [-0.2, -0.15) is 13.2 Å². The predicted octanol–water partition coefficient (Wildman–Crippen LogP) is 6.08. The number of carbonyl (C=O) groups is 3. The molecule has 1 aliphatic heterocycles. The predicted molar refractivity (Wildman–Crippen MR) is 132 cm³/mol. The minimum Gasteiger partial charge on any atom is -0.480 e. The van der Waals surface area contributed by atoms with Crippen LogP contribution >= 0.6 is 0 Å². The molecule has 1 unspecified atom stereocenters. The highest BCUT2D eigenvalue weighted by molar-refractivity contribution is 6.02. The third kappa shape index (κ3) is 5.58. The Morgan fingerprint density at radius 1 is 0.919 bits per heavy atom. The third-order valence-corrected chi connectivity index (χ3v) is 6.09. The van der Waals surface area contributed by atoms with Gasteiger partial charge in [0.15, 0.2) is 0 Å².